The van der Waals surface area contributed by atoms with Gasteiger partial charge < -0.3 is 9.47 Å². The summed E-state index contributed by atoms with van der Waals surface area (Å²) in [5.74, 6) is -0.372. The molecule has 106 valence electrons. The van der Waals surface area contributed by atoms with Crippen LogP contribution in [-0.2, 0) is 14.3 Å². The summed E-state index contributed by atoms with van der Waals surface area (Å²) in [6.07, 6.45) is 1.01. The van der Waals surface area contributed by atoms with Gasteiger partial charge in [-0.25, -0.2) is 9.59 Å². The monoisotopic (exact) mass is 259 g/mol. The van der Waals surface area contributed by atoms with E-state index in [1.165, 1.54) is 12.0 Å². The number of carbonyl (C=O) groups is 2. The van der Waals surface area contributed by atoms with Gasteiger partial charge in [-0.1, -0.05) is 13.8 Å². The van der Waals surface area contributed by atoms with Crippen LogP contribution in [0.25, 0.3) is 0 Å². The molecule has 1 heterocycles. The molecule has 18 heavy (non-hydrogen) atoms. The second-order valence-electron chi connectivity index (χ2n) is 4.85. The van der Waals surface area contributed by atoms with Crippen molar-refractivity contribution in [3.63, 3.8) is 0 Å². The van der Waals surface area contributed by atoms with E-state index < -0.39 is 17.7 Å². The Kier molecular flexibility index (Phi) is 6.73. The Morgan fingerprint density at radius 3 is 2.22 bits per heavy atom. The van der Waals surface area contributed by atoms with Gasteiger partial charge in [0.15, 0.2) is 0 Å². The van der Waals surface area contributed by atoms with Crippen molar-refractivity contribution in [2.24, 2.45) is 0 Å². The number of esters is 1. The average Bonchev–Trinajstić information content (AvgIpc) is 2.77. The highest BCUT2D eigenvalue weighted by molar-refractivity contribution is 5.82. The summed E-state index contributed by atoms with van der Waals surface area (Å²) < 4.78 is 9.88. The van der Waals surface area contributed by atoms with Crippen molar-refractivity contribution >= 4 is 12.1 Å². The molecule has 5 nitrogen and oxygen atoms in total. The molecular weight excluding hydrogens is 234 g/mol. The van der Waals surface area contributed by atoms with E-state index >= 15 is 0 Å². The minimum absolute atomic E-state index is 0.372. The van der Waals surface area contributed by atoms with Gasteiger partial charge in [0.1, 0.15) is 11.6 Å². The second kappa shape index (κ2) is 7.24. The molecular formula is C13H25NO4. The van der Waals surface area contributed by atoms with Crippen LogP contribution in [0.4, 0.5) is 4.79 Å². The van der Waals surface area contributed by atoms with E-state index in [-0.39, 0.29) is 5.97 Å². The third-order valence-corrected chi connectivity index (χ3v) is 2.35. The molecule has 1 aliphatic rings. The van der Waals surface area contributed by atoms with Gasteiger partial charge in [0, 0.05) is 6.54 Å². The number of methoxy groups -OCH3 is 1. The maximum atomic E-state index is 11.8. The van der Waals surface area contributed by atoms with E-state index in [9.17, 15) is 9.59 Å². The van der Waals surface area contributed by atoms with Crippen LogP contribution >= 0.6 is 0 Å². The number of hydrogen-bond donors (Lipinski definition) is 0. The lowest BCUT2D eigenvalue weighted by molar-refractivity contribution is -0.145. The lowest BCUT2D eigenvalue weighted by atomic mass is 10.2. The molecule has 1 unspecified atom stereocenters. The summed E-state index contributed by atoms with van der Waals surface area (Å²) in [7, 11) is 1.33. The molecule has 1 aliphatic heterocycles. The number of ether oxygens (including phenoxy) is 2. The van der Waals surface area contributed by atoms with E-state index in [1.807, 2.05) is 13.8 Å². The van der Waals surface area contributed by atoms with Gasteiger partial charge in [0.25, 0.3) is 0 Å². The summed E-state index contributed by atoms with van der Waals surface area (Å²) in [5.41, 5.74) is -0.541. The molecule has 0 saturated carbocycles. The maximum Gasteiger partial charge on any atom is 0.411 e. The first-order valence-corrected chi connectivity index (χ1v) is 6.42. The normalized spacial score (nSPS) is 18.8. The fourth-order valence-electron chi connectivity index (χ4n) is 1.69. The number of nitrogens with zero attached hydrogens (tertiary/aromatic N) is 1. The van der Waals surface area contributed by atoms with E-state index in [0.29, 0.717) is 13.0 Å². The molecule has 1 saturated heterocycles. The van der Waals surface area contributed by atoms with Gasteiger partial charge in [0.05, 0.1) is 7.11 Å². The predicted molar refractivity (Wildman–Crippen MR) is 69.3 cm³/mol. The number of carbonyl (C=O) groups excluding carboxylic acids is 2. The summed E-state index contributed by atoms with van der Waals surface area (Å²) in [6, 6.07) is -0.486. The third kappa shape index (κ3) is 4.94. The van der Waals surface area contributed by atoms with Crippen LogP contribution in [0.5, 0.6) is 0 Å². The molecule has 0 bridgehead atoms. The zero-order valence-corrected chi connectivity index (χ0v) is 12.3. The fourth-order valence-corrected chi connectivity index (χ4v) is 1.69. The zero-order chi connectivity index (χ0) is 14.3. The van der Waals surface area contributed by atoms with Crippen LogP contribution in [0.15, 0.2) is 0 Å². The predicted octanol–water partition coefficient (Wildman–Crippen LogP) is 2.59. The van der Waals surface area contributed by atoms with Crippen LogP contribution < -0.4 is 0 Å². The number of hydrogen-bond acceptors (Lipinski definition) is 4. The number of likely N-dealkylation sites (tertiary alicyclic amines) is 1. The Bertz CT molecular complexity index is 283. The third-order valence-electron chi connectivity index (χ3n) is 2.35. The highest BCUT2D eigenvalue weighted by atomic mass is 16.6. The lowest BCUT2D eigenvalue weighted by Crippen LogP contribution is -2.43. The molecule has 0 aliphatic carbocycles. The Hall–Kier alpha value is -1.26. The largest absolute Gasteiger partial charge is 0.467 e. The van der Waals surface area contributed by atoms with Gasteiger partial charge in [-0.2, -0.15) is 0 Å². The Balaban J connectivity index is 0.00000137. The highest BCUT2D eigenvalue weighted by Crippen LogP contribution is 2.21. The van der Waals surface area contributed by atoms with Crippen LogP contribution in [0.2, 0.25) is 0 Å². The standard InChI is InChI=1S/C11H19NO4.C2H6/c1-11(2,3)16-10(14)12-7-5-6-8(12)9(13)15-4;1-2/h8H,5-7H2,1-4H3;1-2H3. The summed E-state index contributed by atoms with van der Waals surface area (Å²) >= 11 is 0. The van der Waals surface area contributed by atoms with Crippen LogP contribution in [0.3, 0.4) is 0 Å². The quantitative estimate of drug-likeness (QED) is 0.679. The van der Waals surface area contributed by atoms with Gasteiger partial charge in [-0.15, -0.1) is 0 Å². The van der Waals surface area contributed by atoms with Crippen molar-refractivity contribution in [1.29, 1.82) is 0 Å². The summed E-state index contributed by atoms with van der Waals surface area (Å²) in [4.78, 5) is 24.7. The van der Waals surface area contributed by atoms with Crippen molar-refractivity contribution in [3.8, 4) is 0 Å². The Morgan fingerprint density at radius 2 is 1.78 bits per heavy atom. The van der Waals surface area contributed by atoms with Gasteiger partial charge in [0.2, 0.25) is 0 Å². The van der Waals surface area contributed by atoms with E-state index in [1.54, 1.807) is 20.8 Å². The van der Waals surface area contributed by atoms with Gasteiger partial charge in [-0.05, 0) is 33.6 Å². The Morgan fingerprint density at radius 1 is 1.22 bits per heavy atom. The number of amides is 1. The molecule has 0 radical (unpaired) electrons. The lowest BCUT2D eigenvalue weighted by Gasteiger charge is -2.27. The number of rotatable bonds is 1. The van der Waals surface area contributed by atoms with Crippen molar-refractivity contribution in [2.45, 2.75) is 59.1 Å². The minimum atomic E-state index is -0.541. The molecule has 1 rings (SSSR count). The maximum absolute atomic E-state index is 11.8. The molecule has 0 N–H and O–H groups in total. The fraction of sp³-hybridized carbons (Fsp3) is 0.846. The summed E-state index contributed by atoms with van der Waals surface area (Å²) in [5, 5.41) is 0. The minimum Gasteiger partial charge on any atom is -0.467 e. The van der Waals surface area contributed by atoms with E-state index in [0.717, 1.165) is 6.42 Å². The zero-order valence-electron chi connectivity index (χ0n) is 12.3. The first-order valence-electron chi connectivity index (χ1n) is 6.42. The highest BCUT2D eigenvalue weighted by Gasteiger charge is 2.37. The first kappa shape index (κ1) is 16.7. The van der Waals surface area contributed by atoms with E-state index in [4.69, 9.17) is 4.74 Å². The molecule has 0 spiro atoms. The van der Waals surface area contributed by atoms with Crippen molar-refractivity contribution in [3.05, 3.63) is 0 Å². The molecule has 1 amide bonds. The molecule has 0 aromatic rings. The second-order valence-corrected chi connectivity index (χ2v) is 4.85. The van der Waals surface area contributed by atoms with Gasteiger partial charge in [-0.3, -0.25) is 4.90 Å². The Labute approximate surface area is 109 Å². The smallest absolute Gasteiger partial charge is 0.411 e. The molecule has 1 fully saturated rings. The van der Waals surface area contributed by atoms with Crippen LogP contribution in [-0.4, -0.2) is 42.3 Å². The van der Waals surface area contributed by atoms with Crippen LogP contribution in [0, 0.1) is 0 Å². The van der Waals surface area contributed by atoms with Crippen molar-refractivity contribution in [1.82, 2.24) is 4.90 Å². The topological polar surface area (TPSA) is 55.8 Å². The summed E-state index contributed by atoms with van der Waals surface area (Å²) in [6.45, 7) is 9.95. The van der Waals surface area contributed by atoms with E-state index in [2.05, 4.69) is 4.74 Å². The van der Waals surface area contributed by atoms with Crippen molar-refractivity contribution in [2.75, 3.05) is 13.7 Å². The SMILES string of the molecule is CC.COC(=O)C1CCCN1C(=O)OC(C)(C)C. The molecule has 0 aromatic heterocycles. The first-order chi connectivity index (χ1) is 8.35. The molecule has 5 heteroatoms. The van der Waals surface area contributed by atoms with Crippen LogP contribution in [0.1, 0.15) is 47.5 Å². The van der Waals surface area contributed by atoms with Crippen molar-refractivity contribution < 1.29 is 19.1 Å². The molecule has 0 aromatic carbocycles. The molecule has 1 atom stereocenters. The average molecular weight is 259 g/mol. The van der Waals surface area contributed by atoms with Gasteiger partial charge >= 0.3 is 12.1 Å².